The number of carbonyl (C=O) groups is 3. The van der Waals surface area contributed by atoms with Crippen LogP contribution in [0.3, 0.4) is 0 Å². The van der Waals surface area contributed by atoms with Crippen molar-refractivity contribution in [3.8, 4) is 11.8 Å². The molecule has 11 heteroatoms. The molecule has 0 fully saturated rings. The number of rotatable bonds is 8. The molecule has 2 aromatic carbocycles. The van der Waals surface area contributed by atoms with E-state index in [4.69, 9.17) is 32.7 Å². The van der Waals surface area contributed by atoms with Gasteiger partial charge >= 0.3 is 5.97 Å². The van der Waals surface area contributed by atoms with E-state index in [1.54, 1.807) is 6.92 Å². The molecule has 0 saturated carbocycles. The molecule has 2 N–H and O–H groups in total. The van der Waals surface area contributed by atoms with E-state index in [0.717, 1.165) is 30.0 Å². The molecular weight excluding hydrogens is 537 g/mol. The molecule has 2 amide bonds. The highest BCUT2D eigenvalue weighted by Gasteiger charge is 2.44. The van der Waals surface area contributed by atoms with E-state index >= 15 is 0 Å². The van der Waals surface area contributed by atoms with E-state index in [-0.39, 0.29) is 38.1 Å². The first-order chi connectivity index (χ1) is 17.6. The summed E-state index contributed by atoms with van der Waals surface area (Å²) >= 11 is 13.7. The van der Waals surface area contributed by atoms with Crippen LogP contribution in [0, 0.1) is 31.1 Å². The first kappa shape index (κ1) is 28.4. The fraction of sp³-hybridized carbons (Fsp3) is 0.308. The number of thioether (sulfide) groups is 1. The Morgan fingerprint density at radius 1 is 1.19 bits per heavy atom. The summed E-state index contributed by atoms with van der Waals surface area (Å²) in [6, 6.07) is 10.8. The van der Waals surface area contributed by atoms with Gasteiger partial charge in [0.2, 0.25) is 11.8 Å². The number of methoxy groups -OCH3 is 1. The molecule has 2 atom stereocenters. The van der Waals surface area contributed by atoms with Gasteiger partial charge in [-0.05, 0) is 55.7 Å². The van der Waals surface area contributed by atoms with E-state index in [0.29, 0.717) is 17.9 Å². The second kappa shape index (κ2) is 12.4. The number of benzene rings is 2. The Hall–Kier alpha value is -3.19. The van der Waals surface area contributed by atoms with Crippen LogP contribution in [-0.4, -0.2) is 37.3 Å². The Balaban J connectivity index is 1.97. The largest absolute Gasteiger partial charge is 0.491 e. The Kier molecular flexibility index (Phi) is 9.49. The van der Waals surface area contributed by atoms with Gasteiger partial charge in [-0.1, -0.05) is 47.1 Å². The summed E-state index contributed by atoms with van der Waals surface area (Å²) in [6.45, 7) is 5.90. The molecule has 2 aromatic rings. The van der Waals surface area contributed by atoms with Crippen molar-refractivity contribution in [1.82, 2.24) is 5.32 Å². The molecule has 0 aliphatic carbocycles. The fourth-order valence-electron chi connectivity index (χ4n) is 3.92. The lowest BCUT2D eigenvalue weighted by Gasteiger charge is -2.31. The zero-order valence-corrected chi connectivity index (χ0v) is 22.9. The number of amides is 2. The maximum Gasteiger partial charge on any atom is 0.319 e. The molecule has 1 heterocycles. The predicted molar refractivity (Wildman–Crippen MR) is 144 cm³/mol. The van der Waals surface area contributed by atoms with Gasteiger partial charge in [0.15, 0.2) is 5.75 Å². The number of anilines is 1. The number of ether oxygens (including phenoxy) is 2. The molecule has 0 bridgehead atoms. The summed E-state index contributed by atoms with van der Waals surface area (Å²) in [5.41, 5.74) is 3.01. The van der Waals surface area contributed by atoms with Crippen LogP contribution in [0.15, 0.2) is 40.9 Å². The van der Waals surface area contributed by atoms with Crippen molar-refractivity contribution >= 4 is 58.4 Å². The first-order valence-corrected chi connectivity index (χ1v) is 13.0. The van der Waals surface area contributed by atoms with Crippen molar-refractivity contribution in [3.63, 3.8) is 0 Å². The molecule has 1 aliphatic rings. The SMILES string of the molecule is CCOc1c(Cl)cc([C@@H]2C(C#N)=C(SCC(=O)Nc3cc(C)ccc3C)NC(=O)[C@H]2C(=O)OC)cc1Cl. The van der Waals surface area contributed by atoms with Crippen molar-refractivity contribution in [2.75, 3.05) is 24.8 Å². The van der Waals surface area contributed by atoms with Crippen LogP contribution < -0.4 is 15.4 Å². The number of nitrogens with zero attached hydrogens (tertiary/aromatic N) is 1. The average molecular weight is 562 g/mol. The van der Waals surface area contributed by atoms with E-state index in [1.807, 2.05) is 32.0 Å². The number of carbonyl (C=O) groups excluding carboxylic acids is 3. The number of nitrogens with one attached hydrogen (secondary N) is 2. The predicted octanol–water partition coefficient (Wildman–Crippen LogP) is 5.12. The number of aryl methyl sites for hydroxylation is 2. The average Bonchev–Trinajstić information content (AvgIpc) is 2.86. The normalized spacial score (nSPS) is 17.1. The lowest BCUT2D eigenvalue weighted by molar-refractivity contribution is -0.150. The van der Waals surface area contributed by atoms with Crippen molar-refractivity contribution in [2.45, 2.75) is 26.7 Å². The molecule has 1 aliphatic heterocycles. The number of nitriles is 1. The van der Waals surface area contributed by atoms with Gasteiger partial charge in [-0.15, -0.1) is 0 Å². The molecule has 0 spiro atoms. The van der Waals surface area contributed by atoms with Gasteiger partial charge in [0.05, 0.1) is 46.2 Å². The van der Waals surface area contributed by atoms with Crippen LogP contribution in [0.5, 0.6) is 5.75 Å². The van der Waals surface area contributed by atoms with Gasteiger partial charge in [-0.3, -0.25) is 14.4 Å². The Morgan fingerprint density at radius 3 is 2.46 bits per heavy atom. The van der Waals surface area contributed by atoms with Crippen LogP contribution in [0.25, 0.3) is 0 Å². The monoisotopic (exact) mass is 561 g/mol. The molecule has 0 aromatic heterocycles. The van der Waals surface area contributed by atoms with Crippen LogP contribution >= 0.6 is 35.0 Å². The van der Waals surface area contributed by atoms with Crippen LogP contribution in [0.2, 0.25) is 10.0 Å². The summed E-state index contributed by atoms with van der Waals surface area (Å²) in [5.74, 6) is -4.06. The smallest absolute Gasteiger partial charge is 0.319 e. The molecule has 194 valence electrons. The summed E-state index contributed by atoms with van der Waals surface area (Å²) < 4.78 is 10.3. The highest BCUT2D eigenvalue weighted by molar-refractivity contribution is 8.03. The highest BCUT2D eigenvalue weighted by Crippen LogP contribution is 2.44. The van der Waals surface area contributed by atoms with Crippen LogP contribution in [0.4, 0.5) is 5.69 Å². The molecule has 0 saturated heterocycles. The molecule has 8 nitrogen and oxygen atoms in total. The second-order valence-electron chi connectivity index (χ2n) is 8.22. The van der Waals surface area contributed by atoms with E-state index in [1.165, 1.54) is 12.1 Å². The Labute approximate surface area is 229 Å². The summed E-state index contributed by atoms with van der Waals surface area (Å²) in [4.78, 5) is 38.3. The Morgan fingerprint density at radius 2 is 1.86 bits per heavy atom. The molecule has 0 unspecified atom stereocenters. The zero-order chi connectivity index (χ0) is 27.3. The minimum Gasteiger partial charge on any atom is -0.491 e. The molecule has 0 radical (unpaired) electrons. The molecule has 37 heavy (non-hydrogen) atoms. The van der Waals surface area contributed by atoms with Gasteiger partial charge in [0, 0.05) is 11.6 Å². The first-order valence-electron chi connectivity index (χ1n) is 11.3. The standard InChI is InChI=1S/C26H25Cl2N3O5S/c1-5-36-23-17(27)9-15(10-18(23)28)21-16(11-29)25(31-24(33)22(21)26(34)35-4)37-12-20(32)30-19-8-13(2)6-7-14(19)3/h6-10,21-22H,5,12H2,1-4H3,(H,30,32)(H,31,33)/t21-,22+/m1/s1. The summed E-state index contributed by atoms with van der Waals surface area (Å²) in [6.07, 6.45) is 0. The molecular formula is C26H25Cl2N3O5S. The number of hydrogen-bond acceptors (Lipinski definition) is 7. The number of hydrogen-bond donors (Lipinski definition) is 2. The third-order valence-electron chi connectivity index (χ3n) is 5.67. The maximum absolute atomic E-state index is 13.0. The quantitative estimate of drug-likeness (QED) is 0.339. The maximum atomic E-state index is 13.0. The zero-order valence-electron chi connectivity index (χ0n) is 20.6. The van der Waals surface area contributed by atoms with Gasteiger partial charge in [-0.2, -0.15) is 5.26 Å². The lowest BCUT2D eigenvalue weighted by atomic mass is 9.78. The number of esters is 1. The third-order valence-corrected chi connectivity index (χ3v) is 7.25. The summed E-state index contributed by atoms with van der Waals surface area (Å²) in [5, 5.41) is 16.0. The van der Waals surface area contributed by atoms with Gasteiger partial charge in [0.25, 0.3) is 0 Å². The van der Waals surface area contributed by atoms with Crippen molar-refractivity contribution in [1.29, 1.82) is 5.26 Å². The van der Waals surface area contributed by atoms with E-state index in [2.05, 4.69) is 16.7 Å². The highest BCUT2D eigenvalue weighted by atomic mass is 35.5. The lowest BCUT2D eigenvalue weighted by Crippen LogP contribution is -2.44. The number of halogens is 2. The van der Waals surface area contributed by atoms with E-state index < -0.39 is 23.7 Å². The van der Waals surface area contributed by atoms with Crippen LogP contribution in [0.1, 0.15) is 29.5 Å². The third kappa shape index (κ3) is 6.39. The van der Waals surface area contributed by atoms with Crippen LogP contribution in [-0.2, 0) is 19.1 Å². The summed E-state index contributed by atoms with van der Waals surface area (Å²) in [7, 11) is 1.16. The molecule has 3 rings (SSSR count). The van der Waals surface area contributed by atoms with Crippen molar-refractivity contribution in [2.24, 2.45) is 5.92 Å². The van der Waals surface area contributed by atoms with Crippen molar-refractivity contribution < 1.29 is 23.9 Å². The van der Waals surface area contributed by atoms with Gasteiger partial charge in [0.1, 0.15) is 5.92 Å². The minimum atomic E-state index is -1.36. The minimum absolute atomic E-state index is 0.0795. The second-order valence-corrected chi connectivity index (χ2v) is 10.0. The van der Waals surface area contributed by atoms with Gasteiger partial charge < -0.3 is 20.1 Å². The number of allylic oxidation sites excluding steroid dienone is 1. The van der Waals surface area contributed by atoms with E-state index in [9.17, 15) is 19.6 Å². The van der Waals surface area contributed by atoms with Gasteiger partial charge in [-0.25, -0.2) is 0 Å². The Bertz CT molecular complexity index is 1300. The fourth-order valence-corrected chi connectivity index (χ4v) is 5.38. The topological polar surface area (TPSA) is 118 Å². The van der Waals surface area contributed by atoms with Crippen molar-refractivity contribution in [3.05, 3.63) is 67.7 Å².